The maximum absolute atomic E-state index is 13.5. The summed E-state index contributed by atoms with van der Waals surface area (Å²) in [4.78, 5) is 60.7. The summed E-state index contributed by atoms with van der Waals surface area (Å²) in [6.07, 6.45) is -0.0152. The van der Waals surface area contributed by atoms with E-state index in [9.17, 15) is 19.2 Å². The summed E-state index contributed by atoms with van der Waals surface area (Å²) < 4.78 is 49.2. The highest BCUT2D eigenvalue weighted by atomic mass is 32.4. The monoisotopic (exact) mass is 956 g/mol. The van der Waals surface area contributed by atoms with E-state index in [0.29, 0.717) is 41.6 Å². The zero-order valence-electron chi connectivity index (χ0n) is 38.6. The van der Waals surface area contributed by atoms with E-state index in [1.807, 2.05) is 114 Å². The Hall–Kier alpha value is -5.66. The molecule has 3 aliphatic heterocycles. The normalized spacial score (nSPS) is 22.2. The number of aromatic nitrogens is 4. The van der Waals surface area contributed by atoms with Gasteiger partial charge in [0.05, 0.1) is 39.6 Å². The summed E-state index contributed by atoms with van der Waals surface area (Å²) in [5.41, 5.74) is -0.441. The molecule has 0 spiro atoms. The predicted molar refractivity (Wildman–Crippen MR) is 257 cm³/mol. The fourth-order valence-corrected chi connectivity index (χ4v) is 11.5. The summed E-state index contributed by atoms with van der Waals surface area (Å²) >= 11 is 6.64. The molecular formula is C47H57N8O10PS. The number of likely N-dealkylation sites (N-methyl/N-ethyl adjacent to an activating group) is 2. The molecule has 2 N–H and O–H groups in total. The van der Waals surface area contributed by atoms with Gasteiger partial charge in [-0.3, -0.25) is 28.7 Å². The van der Waals surface area contributed by atoms with Gasteiger partial charge in [0.25, 0.3) is 17.7 Å². The van der Waals surface area contributed by atoms with Crippen molar-refractivity contribution in [1.82, 2.24) is 33.6 Å². The van der Waals surface area contributed by atoms with Crippen LogP contribution >= 0.6 is 6.57 Å². The highest BCUT2D eigenvalue weighted by Gasteiger charge is 2.48. The lowest BCUT2D eigenvalue weighted by molar-refractivity contribution is -0.108. The van der Waals surface area contributed by atoms with Crippen molar-refractivity contribution >= 4 is 24.3 Å². The number of benzene rings is 3. The van der Waals surface area contributed by atoms with E-state index in [0.717, 1.165) is 29.8 Å². The van der Waals surface area contributed by atoms with E-state index in [1.165, 1.54) is 21.5 Å². The SMILES string of the molecule is CC[C@@H]1CN(P(=S)(N=C2N(C)CCN2C)OC[C@H]2O[C@@H](n3cc(C)c(=O)[nH]c3=O)C[C@H]2OC(c2ccccc2)(c2ccc(OC)cc2)c2ccc(OC)cc2)C[C@H](n2cc(C)c(=O)[nH]c2=O)O1. The molecule has 67 heavy (non-hydrogen) atoms. The van der Waals surface area contributed by atoms with Crippen LogP contribution in [0.15, 0.2) is 115 Å². The third-order valence-electron chi connectivity index (χ3n) is 12.6. The molecule has 3 saturated heterocycles. The Kier molecular flexibility index (Phi) is 14.2. The number of methoxy groups -OCH3 is 2. The second-order valence-electron chi connectivity index (χ2n) is 17.0. The summed E-state index contributed by atoms with van der Waals surface area (Å²) in [6.45, 7) is 3.53. The van der Waals surface area contributed by atoms with Gasteiger partial charge in [0, 0.05) is 63.7 Å². The van der Waals surface area contributed by atoms with Crippen molar-refractivity contribution in [1.29, 1.82) is 0 Å². The van der Waals surface area contributed by atoms with Gasteiger partial charge in [-0.2, -0.15) is 4.76 Å². The zero-order valence-corrected chi connectivity index (χ0v) is 40.3. The number of guanidine groups is 1. The lowest BCUT2D eigenvalue weighted by Gasteiger charge is -2.42. The molecule has 0 aliphatic carbocycles. The quantitative estimate of drug-likeness (QED) is 0.111. The van der Waals surface area contributed by atoms with Gasteiger partial charge in [-0.25, -0.2) is 14.3 Å². The van der Waals surface area contributed by atoms with E-state index in [2.05, 4.69) is 9.97 Å². The van der Waals surface area contributed by atoms with Crippen molar-refractivity contribution in [2.75, 3.05) is 61.1 Å². The number of rotatable bonds is 15. The minimum atomic E-state index is -3.48. The van der Waals surface area contributed by atoms with Crippen molar-refractivity contribution in [3.05, 3.63) is 161 Å². The van der Waals surface area contributed by atoms with Gasteiger partial charge < -0.3 is 38.0 Å². The van der Waals surface area contributed by atoms with E-state index < -0.39 is 59.3 Å². The lowest BCUT2D eigenvalue weighted by Crippen LogP contribution is -2.47. The molecule has 2 aromatic heterocycles. The molecule has 0 radical (unpaired) electrons. The largest absolute Gasteiger partial charge is 0.497 e. The Balaban J connectivity index is 1.24. The van der Waals surface area contributed by atoms with Crippen molar-refractivity contribution in [3.63, 3.8) is 0 Å². The number of morpholine rings is 1. The molecule has 18 nitrogen and oxygen atoms in total. The van der Waals surface area contributed by atoms with Gasteiger partial charge in [0.2, 0.25) is 5.96 Å². The second-order valence-corrected chi connectivity index (χ2v) is 20.4. The standard InChI is InChI=1S/C47H57N8O10PS/c1-8-35-27-53(28-41(63-35)55-26-31(3)43(57)49-46(55)59)66(67,50-44-51(4)22-23-52(44)5)62-29-39-38(24-40(64-39)54-25-30(2)42(56)48-45(54)58)65-47(32-12-10-9-11-13-32,33-14-18-36(60-6)19-15-33)34-16-20-37(61-7)21-17-34/h9-21,25-26,35,38-41H,8,22-24,27-29H2,1-7H3,(H,48,56,58)(H,49,57,59)/t35-,38-,39-,40-,41-,66?/m1/s1. The predicted octanol–water partition coefficient (Wildman–Crippen LogP) is 4.47. The Bertz CT molecular complexity index is 2810. The van der Waals surface area contributed by atoms with Crippen LogP contribution in [0.1, 0.15) is 60.0 Å². The van der Waals surface area contributed by atoms with Gasteiger partial charge in [-0.05, 0) is 73.0 Å². The molecule has 356 valence electrons. The first-order valence-electron chi connectivity index (χ1n) is 22.2. The van der Waals surface area contributed by atoms with Crippen LogP contribution in [0, 0.1) is 13.8 Å². The highest BCUT2D eigenvalue weighted by Crippen LogP contribution is 2.56. The van der Waals surface area contributed by atoms with Crippen LogP contribution < -0.4 is 32.0 Å². The summed E-state index contributed by atoms with van der Waals surface area (Å²) in [7, 11) is 7.11. The highest BCUT2D eigenvalue weighted by molar-refractivity contribution is 8.10. The number of hydrogen-bond acceptors (Lipinski definition) is 11. The molecule has 3 aromatic carbocycles. The minimum Gasteiger partial charge on any atom is -0.497 e. The molecular weight excluding hydrogens is 900 g/mol. The maximum atomic E-state index is 13.5. The third-order valence-corrected chi connectivity index (χ3v) is 15.8. The number of nitrogens with one attached hydrogen (secondary N) is 2. The van der Waals surface area contributed by atoms with Crippen LogP contribution in [0.25, 0.3) is 0 Å². The molecule has 0 bridgehead atoms. The molecule has 20 heteroatoms. The third kappa shape index (κ3) is 9.72. The topological polar surface area (TPSA) is 187 Å². The number of H-pyrrole nitrogens is 2. The van der Waals surface area contributed by atoms with E-state index in [-0.39, 0.29) is 25.7 Å². The fraction of sp³-hybridized carbons (Fsp3) is 0.426. The Morgan fingerprint density at radius 3 is 1.79 bits per heavy atom. The number of aryl methyl sites for hydroxylation is 2. The fourth-order valence-electron chi connectivity index (χ4n) is 8.79. The zero-order chi connectivity index (χ0) is 47.6. The first-order valence-corrected chi connectivity index (χ1v) is 24.8. The van der Waals surface area contributed by atoms with Crippen LogP contribution in [0.3, 0.4) is 0 Å². The summed E-state index contributed by atoms with van der Waals surface area (Å²) in [5.74, 6) is 1.96. The van der Waals surface area contributed by atoms with Crippen LogP contribution in [0.2, 0.25) is 0 Å². The maximum Gasteiger partial charge on any atom is 0.330 e. The molecule has 3 aliphatic rings. The van der Waals surface area contributed by atoms with Crippen LogP contribution in [0.4, 0.5) is 0 Å². The van der Waals surface area contributed by atoms with Gasteiger partial charge in [-0.1, -0.05) is 61.5 Å². The van der Waals surface area contributed by atoms with Crippen molar-refractivity contribution in [2.45, 2.75) is 70.0 Å². The molecule has 1 unspecified atom stereocenters. The number of hydrogen-bond donors (Lipinski definition) is 2. The average molecular weight is 957 g/mol. The second kappa shape index (κ2) is 19.9. The van der Waals surface area contributed by atoms with Gasteiger partial charge >= 0.3 is 11.4 Å². The smallest absolute Gasteiger partial charge is 0.330 e. The number of ether oxygens (including phenoxy) is 5. The average Bonchev–Trinajstić information content (AvgIpc) is 3.89. The summed E-state index contributed by atoms with van der Waals surface area (Å²) in [6, 6.07) is 25.2. The van der Waals surface area contributed by atoms with Crippen molar-refractivity contribution in [3.8, 4) is 11.5 Å². The molecule has 5 heterocycles. The van der Waals surface area contributed by atoms with Gasteiger partial charge in [0.1, 0.15) is 29.4 Å². The van der Waals surface area contributed by atoms with Gasteiger partial charge in [-0.15, -0.1) is 0 Å². The van der Waals surface area contributed by atoms with Crippen LogP contribution in [-0.4, -0.2) is 119 Å². The first kappa shape index (κ1) is 47.8. The molecule has 0 amide bonds. The molecule has 6 atom stereocenters. The Morgan fingerprint density at radius 1 is 0.746 bits per heavy atom. The molecule has 3 fully saturated rings. The molecule has 0 saturated carbocycles. The van der Waals surface area contributed by atoms with Crippen LogP contribution in [-0.2, 0) is 36.1 Å². The molecule has 5 aromatic rings. The Labute approximate surface area is 392 Å². The van der Waals surface area contributed by atoms with E-state index in [4.69, 9.17) is 44.8 Å². The van der Waals surface area contributed by atoms with Crippen molar-refractivity contribution < 1.29 is 28.2 Å². The first-order chi connectivity index (χ1) is 32.2. The Morgan fingerprint density at radius 2 is 1.27 bits per heavy atom. The lowest BCUT2D eigenvalue weighted by atomic mass is 9.79. The van der Waals surface area contributed by atoms with E-state index in [1.54, 1.807) is 28.1 Å². The van der Waals surface area contributed by atoms with Crippen LogP contribution in [0.5, 0.6) is 11.5 Å². The van der Waals surface area contributed by atoms with Gasteiger partial charge in [0.15, 0.2) is 6.23 Å². The number of nitrogens with zero attached hydrogens (tertiary/aromatic N) is 6. The van der Waals surface area contributed by atoms with E-state index >= 15 is 0 Å². The van der Waals surface area contributed by atoms with Crippen molar-refractivity contribution in [2.24, 2.45) is 4.76 Å². The number of aromatic amines is 2. The summed E-state index contributed by atoms with van der Waals surface area (Å²) in [5, 5.41) is 0. The molecule has 8 rings (SSSR count). The minimum absolute atomic E-state index is 0.121.